The Bertz CT molecular complexity index is 364. The second kappa shape index (κ2) is 10.7. The Kier molecular flexibility index (Phi) is 9.11. The SMILES string of the molecule is CCCCB(CCCC)N=C(CCC)c1ccccc1. The molecule has 0 heterocycles. The average Bonchev–Trinajstić information content (AvgIpc) is 2.50. The van der Waals surface area contributed by atoms with Crippen LogP contribution < -0.4 is 0 Å². The van der Waals surface area contributed by atoms with Crippen molar-refractivity contribution in [3.05, 3.63) is 35.9 Å². The summed E-state index contributed by atoms with van der Waals surface area (Å²) in [5, 5.41) is 0. The van der Waals surface area contributed by atoms with Crippen molar-refractivity contribution in [1.82, 2.24) is 0 Å². The summed E-state index contributed by atoms with van der Waals surface area (Å²) >= 11 is 0. The van der Waals surface area contributed by atoms with Gasteiger partial charge in [0, 0.05) is 5.71 Å². The number of unbranched alkanes of at least 4 members (excludes halogenated alkanes) is 2. The summed E-state index contributed by atoms with van der Waals surface area (Å²) in [4.78, 5) is 5.13. The number of hydrogen-bond donors (Lipinski definition) is 0. The van der Waals surface area contributed by atoms with Crippen LogP contribution in [0.1, 0.15) is 64.9 Å². The highest BCUT2D eigenvalue weighted by molar-refractivity contribution is 6.58. The maximum absolute atomic E-state index is 5.13. The van der Waals surface area contributed by atoms with E-state index < -0.39 is 0 Å². The van der Waals surface area contributed by atoms with Gasteiger partial charge in [0.25, 0.3) is 6.85 Å². The third-order valence-electron chi connectivity index (χ3n) is 3.71. The highest BCUT2D eigenvalue weighted by Crippen LogP contribution is 2.15. The van der Waals surface area contributed by atoms with Crippen molar-refractivity contribution in [2.24, 2.45) is 4.90 Å². The van der Waals surface area contributed by atoms with E-state index in [1.54, 1.807) is 0 Å². The Balaban J connectivity index is 2.83. The first-order valence-electron chi connectivity index (χ1n) is 8.43. The first-order valence-corrected chi connectivity index (χ1v) is 8.43. The van der Waals surface area contributed by atoms with Gasteiger partial charge in [-0.05, 0) is 12.0 Å². The second-order valence-electron chi connectivity index (χ2n) is 5.63. The Morgan fingerprint density at radius 1 is 0.900 bits per heavy atom. The van der Waals surface area contributed by atoms with Gasteiger partial charge in [-0.2, -0.15) is 0 Å². The number of rotatable bonds is 10. The predicted molar refractivity (Wildman–Crippen MR) is 93.1 cm³/mol. The molecule has 0 aliphatic carbocycles. The molecule has 0 saturated carbocycles. The molecule has 0 N–H and O–H groups in total. The number of nitrogens with zero attached hydrogens (tertiary/aromatic N) is 1. The maximum Gasteiger partial charge on any atom is 0.279 e. The molecule has 0 amide bonds. The van der Waals surface area contributed by atoms with E-state index in [2.05, 4.69) is 51.1 Å². The van der Waals surface area contributed by atoms with Crippen LogP contribution in [0.5, 0.6) is 0 Å². The van der Waals surface area contributed by atoms with Crippen LogP contribution in [0.4, 0.5) is 0 Å². The summed E-state index contributed by atoms with van der Waals surface area (Å²) in [6.45, 7) is 7.30. The molecule has 20 heavy (non-hydrogen) atoms. The largest absolute Gasteiger partial charge is 0.345 e. The van der Waals surface area contributed by atoms with Crippen molar-refractivity contribution >= 4 is 12.6 Å². The van der Waals surface area contributed by atoms with E-state index in [4.69, 9.17) is 4.90 Å². The second-order valence-corrected chi connectivity index (χ2v) is 5.63. The van der Waals surface area contributed by atoms with E-state index in [1.807, 2.05) is 0 Å². The lowest BCUT2D eigenvalue weighted by atomic mass is 9.55. The number of benzene rings is 1. The van der Waals surface area contributed by atoms with Gasteiger partial charge in [-0.3, -0.25) is 0 Å². The molecule has 0 atom stereocenters. The van der Waals surface area contributed by atoms with Gasteiger partial charge in [-0.1, -0.05) is 95.8 Å². The summed E-state index contributed by atoms with van der Waals surface area (Å²) in [6, 6.07) is 10.7. The molecule has 0 aromatic heterocycles. The first kappa shape index (κ1) is 17.0. The van der Waals surface area contributed by atoms with Crippen molar-refractivity contribution < 1.29 is 0 Å². The van der Waals surface area contributed by atoms with E-state index in [0.29, 0.717) is 6.85 Å². The van der Waals surface area contributed by atoms with Crippen LogP contribution in [0.15, 0.2) is 35.2 Å². The summed E-state index contributed by atoms with van der Waals surface area (Å²) < 4.78 is 0. The molecule has 0 unspecified atom stereocenters. The van der Waals surface area contributed by atoms with Gasteiger partial charge in [-0.15, -0.1) is 0 Å². The van der Waals surface area contributed by atoms with Crippen molar-refractivity contribution in [3.63, 3.8) is 0 Å². The van der Waals surface area contributed by atoms with Crippen molar-refractivity contribution in [1.29, 1.82) is 0 Å². The van der Waals surface area contributed by atoms with E-state index in [-0.39, 0.29) is 0 Å². The fourth-order valence-corrected chi connectivity index (χ4v) is 2.52. The Morgan fingerprint density at radius 2 is 1.50 bits per heavy atom. The molecular formula is C18H30BN. The van der Waals surface area contributed by atoms with Crippen molar-refractivity contribution in [3.8, 4) is 0 Å². The van der Waals surface area contributed by atoms with Crippen LogP contribution >= 0.6 is 0 Å². The van der Waals surface area contributed by atoms with Gasteiger partial charge in [0.2, 0.25) is 0 Å². The molecule has 0 bridgehead atoms. The van der Waals surface area contributed by atoms with Gasteiger partial charge >= 0.3 is 0 Å². The Hall–Kier alpha value is -1.05. The lowest BCUT2D eigenvalue weighted by Gasteiger charge is -2.12. The quantitative estimate of drug-likeness (QED) is 0.373. The van der Waals surface area contributed by atoms with E-state index in [1.165, 1.54) is 56.0 Å². The van der Waals surface area contributed by atoms with Gasteiger partial charge < -0.3 is 4.90 Å². The zero-order valence-corrected chi connectivity index (χ0v) is 13.6. The summed E-state index contributed by atoms with van der Waals surface area (Å²) in [5.74, 6) is 0. The van der Waals surface area contributed by atoms with Crippen LogP contribution in [0, 0.1) is 0 Å². The molecular weight excluding hydrogens is 241 g/mol. The molecule has 1 aromatic rings. The highest BCUT2D eigenvalue weighted by atomic mass is 14.6. The Morgan fingerprint density at radius 3 is 2.00 bits per heavy atom. The van der Waals surface area contributed by atoms with Crippen LogP contribution in [0.3, 0.4) is 0 Å². The van der Waals surface area contributed by atoms with E-state index >= 15 is 0 Å². The average molecular weight is 271 g/mol. The molecule has 0 spiro atoms. The topological polar surface area (TPSA) is 12.4 Å². The van der Waals surface area contributed by atoms with Crippen molar-refractivity contribution in [2.75, 3.05) is 0 Å². The minimum absolute atomic E-state index is 0.525. The molecule has 1 nitrogen and oxygen atoms in total. The molecule has 2 heteroatoms. The van der Waals surface area contributed by atoms with Crippen LogP contribution in [-0.4, -0.2) is 12.6 Å². The zero-order valence-electron chi connectivity index (χ0n) is 13.6. The molecule has 0 fully saturated rings. The van der Waals surface area contributed by atoms with Gasteiger partial charge in [0.05, 0.1) is 0 Å². The smallest absolute Gasteiger partial charge is 0.279 e. The third-order valence-corrected chi connectivity index (χ3v) is 3.71. The first-order chi connectivity index (χ1) is 9.81. The fraction of sp³-hybridized carbons (Fsp3) is 0.611. The minimum atomic E-state index is 0.525. The molecule has 110 valence electrons. The van der Waals surface area contributed by atoms with Gasteiger partial charge in [0.15, 0.2) is 0 Å². The standard InChI is InChI=1S/C18H30BN/c1-4-7-15-19(16-8-5-2)20-18(12-6-3)17-13-10-9-11-14-17/h9-11,13-14H,4-8,12,15-16H2,1-3H3. The molecule has 0 saturated heterocycles. The molecule has 1 rings (SSSR count). The monoisotopic (exact) mass is 271 g/mol. The summed E-state index contributed by atoms with van der Waals surface area (Å²) in [7, 11) is 0. The molecule has 0 radical (unpaired) electrons. The van der Waals surface area contributed by atoms with E-state index in [9.17, 15) is 0 Å². The lowest BCUT2D eigenvalue weighted by molar-refractivity contribution is 0.839. The van der Waals surface area contributed by atoms with Gasteiger partial charge in [0.1, 0.15) is 0 Å². The molecule has 0 aliphatic rings. The normalized spacial score (nSPS) is 11.7. The zero-order chi connectivity index (χ0) is 14.6. The summed E-state index contributed by atoms with van der Waals surface area (Å²) in [5.41, 5.74) is 2.62. The summed E-state index contributed by atoms with van der Waals surface area (Å²) in [6.07, 6.45) is 9.89. The molecule has 0 aliphatic heterocycles. The predicted octanol–water partition coefficient (Wildman–Crippen LogP) is 5.87. The van der Waals surface area contributed by atoms with Crippen LogP contribution in [0.25, 0.3) is 0 Å². The van der Waals surface area contributed by atoms with Crippen LogP contribution in [-0.2, 0) is 0 Å². The minimum Gasteiger partial charge on any atom is -0.345 e. The fourth-order valence-electron chi connectivity index (χ4n) is 2.52. The number of hydrogen-bond acceptors (Lipinski definition) is 1. The van der Waals surface area contributed by atoms with Crippen LogP contribution in [0.2, 0.25) is 12.6 Å². The van der Waals surface area contributed by atoms with Gasteiger partial charge in [-0.25, -0.2) is 0 Å². The molecule has 1 aromatic carbocycles. The maximum atomic E-state index is 5.13. The Labute approximate surface area is 126 Å². The third kappa shape index (κ3) is 6.41. The highest BCUT2D eigenvalue weighted by Gasteiger charge is 2.14. The lowest BCUT2D eigenvalue weighted by Crippen LogP contribution is -2.14. The van der Waals surface area contributed by atoms with Crippen molar-refractivity contribution in [2.45, 2.75) is 71.9 Å². The van der Waals surface area contributed by atoms with E-state index in [0.717, 1.165) is 6.42 Å².